The average molecular weight is 266 g/mol. The van der Waals surface area contributed by atoms with Crippen LogP contribution in [0.5, 0.6) is 0 Å². The molecule has 1 saturated heterocycles. The Morgan fingerprint density at radius 1 is 1.16 bits per heavy atom. The quantitative estimate of drug-likeness (QED) is 0.814. The molecule has 2 heteroatoms. The molecule has 2 nitrogen and oxygen atoms in total. The normalized spacial score (nSPS) is 30.9. The first kappa shape index (κ1) is 15.3. The van der Waals surface area contributed by atoms with Crippen molar-refractivity contribution < 1.29 is 0 Å². The van der Waals surface area contributed by atoms with Gasteiger partial charge in [-0.2, -0.15) is 0 Å². The maximum Gasteiger partial charge on any atom is 0.0195 e. The number of hydrogen-bond acceptors (Lipinski definition) is 2. The molecule has 0 bridgehead atoms. The molecule has 112 valence electrons. The van der Waals surface area contributed by atoms with E-state index >= 15 is 0 Å². The monoisotopic (exact) mass is 266 g/mol. The van der Waals surface area contributed by atoms with Crippen LogP contribution in [0.3, 0.4) is 0 Å². The van der Waals surface area contributed by atoms with Crippen LogP contribution >= 0.6 is 0 Å². The van der Waals surface area contributed by atoms with Gasteiger partial charge in [-0.25, -0.2) is 0 Å². The number of likely N-dealkylation sites (tertiary alicyclic amines) is 1. The summed E-state index contributed by atoms with van der Waals surface area (Å²) in [7, 11) is 0. The fraction of sp³-hybridized carbons (Fsp3) is 1.00. The van der Waals surface area contributed by atoms with Crippen LogP contribution in [0.15, 0.2) is 0 Å². The first-order valence-corrected chi connectivity index (χ1v) is 8.54. The van der Waals surface area contributed by atoms with Gasteiger partial charge in [-0.1, -0.05) is 19.8 Å². The van der Waals surface area contributed by atoms with Crippen molar-refractivity contribution in [1.29, 1.82) is 0 Å². The lowest BCUT2D eigenvalue weighted by Gasteiger charge is -2.47. The minimum Gasteiger partial charge on any atom is -0.310 e. The molecule has 1 N–H and O–H groups in total. The molecule has 1 heterocycles. The molecule has 2 rings (SSSR count). The summed E-state index contributed by atoms with van der Waals surface area (Å²) in [6.45, 7) is 11.8. The molecule has 0 aromatic rings. The van der Waals surface area contributed by atoms with Gasteiger partial charge in [0.05, 0.1) is 0 Å². The first-order valence-electron chi connectivity index (χ1n) is 8.54. The fourth-order valence-electron chi connectivity index (χ4n) is 3.88. The average Bonchev–Trinajstić information content (AvgIpc) is 2.44. The van der Waals surface area contributed by atoms with E-state index in [1.54, 1.807) is 0 Å². The van der Waals surface area contributed by atoms with E-state index in [0.29, 0.717) is 6.04 Å². The van der Waals surface area contributed by atoms with Crippen LogP contribution in [0.25, 0.3) is 0 Å². The van der Waals surface area contributed by atoms with E-state index in [1.807, 2.05) is 0 Å². The second-order valence-corrected chi connectivity index (χ2v) is 7.46. The van der Waals surface area contributed by atoms with Crippen LogP contribution in [0, 0.1) is 5.92 Å². The summed E-state index contributed by atoms with van der Waals surface area (Å²) in [6.07, 6.45) is 9.98. The highest BCUT2D eigenvalue weighted by molar-refractivity contribution is 4.90. The largest absolute Gasteiger partial charge is 0.310 e. The van der Waals surface area contributed by atoms with Crippen LogP contribution in [0.2, 0.25) is 0 Å². The third kappa shape index (κ3) is 3.95. The van der Waals surface area contributed by atoms with Gasteiger partial charge in [0.15, 0.2) is 0 Å². The highest BCUT2D eigenvalue weighted by Crippen LogP contribution is 2.36. The molecule has 3 atom stereocenters. The van der Waals surface area contributed by atoms with Crippen molar-refractivity contribution in [2.75, 3.05) is 13.1 Å². The maximum atomic E-state index is 3.76. The minimum atomic E-state index is 0.288. The number of piperidine rings is 1. The lowest BCUT2D eigenvalue weighted by Crippen LogP contribution is -2.55. The molecule has 1 saturated carbocycles. The Bertz CT molecular complexity index is 272. The lowest BCUT2D eigenvalue weighted by atomic mass is 9.78. The van der Waals surface area contributed by atoms with E-state index < -0.39 is 0 Å². The van der Waals surface area contributed by atoms with E-state index in [2.05, 4.69) is 37.9 Å². The Labute approximate surface area is 120 Å². The number of fused-ring (bicyclic) bond motifs is 1. The molecule has 1 aliphatic heterocycles. The van der Waals surface area contributed by atoms with Crippen LogP contribution in [-0.4, -0.2) is 35.6 Å². The Morgan fingerprint density at radius 2 is 1.84 bits per heavy atom. The third-order valence-corrected chi connectivity index (χ3v) is 5.61. The summed E-state index contributed by atoms with van der Waals surface area (Å²) in [5.74, 6) is 1.00. The van der Waals surface area contributed by atoms with Crippen LogP contribution < -0.4 is 5.32 Å². The smallest absolute Gasteiger partial charge is 0.0195 e. The van der Waals surface area contributed by atoms with Gasteiger partial charge in [0.25, 0.3) is 0 Å². The van der Waals surface area contributed by atoms with E-state index in [0.717, 1.165) is 18.5 Å². The SMILES string of the molecule is CCC(C)(C)NCC(C)N1CCC[C@H]2CCCC[C@H]21. The van der Waals surface area contributed by atoms with Gasteiger partial charge >= 0.3 is 0 Å². The van der Waals surface area contributed by atoms with Crippen LogP contribution in [-0.2, 0) is 0 Å². The lowest BCUT2D eigenvalue weighted by molar-refractivity contribution is 0.0294. The van der Waals surface area contributed by atoms with E-state index in [-0.39, 0.29) is 5.54 Å². The minimum absolute atomic E-state index is 0.288. The molecule has 0 aromatic heterocycles. The Kier molecular flexibility index (Phi) is 5.30. The summed E-state index contributed by atoms with van der Waals surface area (Å²) in [4.78, 5) is 2.83. The Hall–Kier alpha value is -0.0800. The molecule has 1 unspecified atom stereocenters. The molecule has 0 aromatic carbocycles. The summed E-state index contributed by atoms with van der Waals surface area (Å²) in [5.41, 5.74) is 0.288. The standard InChI is InChI=1S/C17H34N2/c1-5-17(3,4)18-13-14(2)19-12-8-10-15-9-6-7-11-16(15)19/h14-16,18H,5-13H2,1-4H3/t14?,15-,16-/m1/s1. The van der Waals surface area contributed by atoms with Gasteiger partial charge in [-0.3, -0.25) is 4.90 Å². The number of nitrogens with zero attached hydrogens (tertiary/aromatic N) is 1. The Balaban J connectivity index is 1.88. The summed E-state index contributed by atoms with van der Waals surface area (Å²) in [6, 6.07) is 1.58. The van der Waals surface area contributed by atoms with Crippen molar-refractivity contribution in [2.24, 2.45) is 5.92 Å². The van der Waals surface area contributed by atoms with Crippen molar-refractivity contribution in [3.05, 3.63) is 0 Å². The zero-order valence-electron chi connectivity index (χ0n) is 13.5. The number of hydrogen-bond donors (Lipinski definition) is 1. The third-order valence-electron chi connectivity index (χ3n) is 5.61. The zero-order chi connectivity index (χ0) is 13.9. The van der Waals surface area contributed by atoms with Gasteiger partial charge in [-0.15, -0.1) is 0 Å². The van der Waals surface area contributed by atoms with Crippen molar-refractivity contribution >= 4 is 0 Å². The molecule has 1 aliphatic carbocycles. The topological polar surface area (TPSA) is 15.3 Å². The van der Waals surface area contributed by atoms with Crippen molar-refractivity contribution in [3.8, 4) is 0 Å². The van der Waals surface area contributed by atoms with Gasteiger partial charge < -0.3 is 5.32 Å². The molecule has 0 amide bonds. The highest BCUT2D eigenvalue weighted by Gasteiger charge is 2.35. The predicted molar refractivity (Wildman–Crippen MR) is 83.5 cm³/mol. The Morgan fingerprint density at radius 3 is 2.58 bits per heavy atom. The fourth-order valence-corrected chi connectivity index (χ4v) is 3.88. The molecule has 19 heavy (non-hydrogen) atoms. The summed E-state index contributed by atoms with van der Waals surface area (Å²) in [5, 5.41) is 3.76. The predicted octanol–water partition coefficient (Wildman–Crippen LogP) is 3.81. The molecular formula is C17H34N2. The van der Waals surface area contributed by atoms with E-state index in [1.165, 1.54) is 51.5 Å². The maximum absolute atomic E-state index is 3.76. The van der Waals surface area contributed by atoms with Crippen LogP contribution in [0.1, 0.15) is 72.6 Å². The summed E-state index contributed by atoms with van der Waals surface area (Å²) < 4.78 is 0. The van der Waals surface area contributed by atoms with E-state index in [4.69, 9.17) is 0 Å². The van der Waals surface area contributed by atoms with Crippen molar-refractivity contribution in [2.45, 2.75) is 90.3 Å². The zero-order valence-corrected chi connectivity index (χ0v) is 13.5. The van der Waals surface area contributed by atoms with E-state index in [9.17, 15) is 0 Å². The second-order valence-electron chi connectivity index (χ2n) is 7.46. The highest BCUT2D eigenvalue weighted by atomic mass is 15.2. The molecule has 0 spiro atoms. The number of rotatable bonds is 5. The number of nitrogens with one attached hydrogen (secondary N) is 1. The van der Waals surface area contributed by atoms with Gasteiger partial charge in [0, 0.05) is 24.2 Å². The van der Waals surface area contributed by atoms with Gasteiger partial charge in [0.2, 0.25) is 0 Å². The van der Waals surface area contributed by atoms with Crippen molar-refractivity contribution in [3.63, 3.8) is 0 Å². The molecule has 2 aliphatic rings. The second kappa shape index (κ2) is 6.58. The van der Waals surface area contributed by atoms with Gasteiger partial charge in [0.1, 0.15) is 0 Å². The molecule has 0 radical (unpaired) electrons. The summed E-state index contributed by atoms with van der Waals surface area (Å²) >= 11 is 0. The van der Waals surface area contributed by atoms with Crippen molar-refractivity contribution in [1.82, 2.24) is 10.2 Å². The van der Waals surface area contributed by atoms with Crippen LogP contribution in [0.4, 0.5) is 0 Å². The molecule has 2 fully saturated rings. The molecular weight excluding hydrogens is 232 g/mol. The first-order chi connectivity index (χ1) is 9.03. The van der Waals surface area contributed by atoms with Gasteiger partial charge in [-0.05, 0) is 65.3 Å².